The first kappa shape index (κ1) is 19.7. The van der Waals surface area contributed by atoms with E-state index >= 15 is 0 Å². The van der Waals surface area contributed by atoms with E-state index in [1.54, 1.807) is 26.2 Å². The van der Waals surface area contributed by atoms with Crippen LogP contribution in [0.25, 0.3) is 22.2 Å². The van der Waals surface area contributed by atoms with Gasteiger partial charge >= 0.3 is 6.03 Å². The Hall–Kier alpha value is -4.20. The van der Waals surface area contributed by atoms with Gasteiger partial charge in [-0.05, 0) is 41.5 Å². The van der Waals surface area contributed by atoms with E-state index in [-0.39, 0.29) is 18.3 Å². The summed E-state index contributed by atoms with van der Waals surface area (Å²) < 4.78 is 10.7. The molecule has 5 rings (SSSR count). The second-order valence-electron chi connectivity index (χ2n) is 7.72. The number of nitrogens with one attached hydrogen (secondary N) is 1. The highest BCUT2D eigenvalue weighted by Crippen LogP contribution is 2.32. The fourth-order valence-electron chi connectivity index (χ4n) is 3.93. The Labute approximate surface area is 183 Å². The van der Waals surface area contributed by atoms with Crippen LogP contribution in [0.15, 0.2) is 71.3 Å². The maximum atomic E-state index is 13.3. The first-order valence-electron chi connectivity index (χ1n) is 10.1. The second-order valence-corrected chi connectivity index (χ2v) is 7.72. The molecule has 0 spiro atoms. The number of urea groups is 1. The quantitative estimate of drug-likeness (QED) is 0.485. The number of carbonyl (C=O) groups is 2. The summed E-state index contributed by atoms with van der Waals surface area (Å²) in [5.41, 5.74) is 0.174. The molecule has 32 heavy (non-hydrogen) atoms. The molecule has 0 aliphatic carbocycles. The number of nitrogens with zero attached hydrogens (tertiary/aromatic N) is 3. The van der Waals surface area contributed by atoms with Gasteiger partial charge in [0, 0.05) is 0 Å². The summed E-state index contributed by atoms with van der Waals surface area (Å²) in [7, 11) is 1.56. The van der Waals surface area contributed by atoms with Crippen molar-refractivity contribution in [2.24, 2.45) is 0 Å². The topological polar surface area (TPSA) is 97.6 Å². The number of rotatable bonds is 5. The van der Waals surface area contributed by atoms with Crippen molar-refractivity contribution in [1.29, 1.82) is 0 Å². The Kier molecular flexibility index (Phi) is 4.62. The number of ether oxygens (including phenoxy) is 1. The van der Waals surface area contributed by atoms with Gasteiger partial charge in [-0.15, -0.1) is 0 Å². The summed E-state index contributed by atoms with van der Waals surface area (Å²) in [4.78, 5) is 31.4. The van der Waals surface area contributed by atoms with Gasteiger partial charge in [-0.3, -0.25) is 9.69 Å². The van der Waals surface area contributed by atoms with Crippen LogP contribution in [0, 0.1) is 0 Å². The molecule has 1 fully saturated rings. The van der Waals surface area contributed by atoms with Gasteiger partial charge in [-0.25, -0.2) is 4.79 Å². The van der Waals surface area contributed by atoms with Gasteiger partial charge in [0.2, 0.25) is 11.7 Å². The van der Waals surface area contributed by atoms with Crippen LogP contribution in [0.2, 0.25) is 0 Å². The molecule has 0 radical (unpaired) electrons. The van der Waals surface area contributed by atoms with Gasteiger partial charge in [0.1, 0.15) is 17.8 Å². The van der Waals surface area contributed by atoms with Crippen LogP contribution < -0.4 is 10.1 Å². The minimum Gasteiger partial charge on any atom is -0.496 e. The molecule has 0 unspecified atom stereocenters. The normalized spacial score (nSPS) is 18.2. The van der Waals surface area contributed by atoms with Crippen LogP contribution in [0.3, 0.4) is 0 Å². The fourth-order valence-corrected chi connectivity index (χ4v) is 3.93. The number of carbonyl (C=O) groups excluding carboxylic acids is 2. The van der Waals surface area contributed by atoms with Gasteiger partial charge < -0.3 is 14.6 Å². The first-order valence-corrected chi connectivity index (χ1v) is 10.1. The molecule has 1 atom stereocenters. The van der Waals surface area contributed by atoms with Crippen LogP contribution in [0.5, 0.6) is 5.75 Å². The number of hydrogen-bond acceptors (Lipinski definition) is 6. The Morgan fingerprint density at radius 2 is 1.78 bits per heavy atom. The van der Waals surface area contributed by atoms with E-state index in [1.807, 2.05) is 54.6 Å². The number of benzene rings is 3. The van der Waals surface area contributed by atoms with Gasteiger partial charge in [0.25, 0.3) is 5.91 Å². The molecular formula is C24H20N4O4. The third kappa shape index (κ3) is 3.17. The van der Waals surface area contributed by atoms with Crippen LogP contribution in [0.4, 0.5) is 4.79 Å². The lowest BCUT2D eigenvalue weighted by Crippen LogP contribution is -2.40. The SMILES string of the molecule is COc1ccccc1-c1noc(CN2C(=O)N[C@](C)(c3ccc4ccccc4c3)C2=O)n1. The van der Waals surface area contributed by atoms with Crippen molar-refractivity contribution in [1.82, 2.24) is 20.4 Å². The third-order valence-electron chi connectivity index (χ3n) is 5.71. The molecule has 8 nitrogen and oxygen atoms in total. The maximum absolute atomic E-state index is 13.3. The summed E-state index contributed by atoms with van der Waals surface area (Å²) in [6, 6.07) is 20.3. The van der Waals surface area contributed by atoms with Gasteiger partial charge in [-0.2, -0.15) is 4.98 Å². The molecule has 1 N–H and O–H groups in total. The summed E-state index contributed by atoms with van der Waals surface area (Å²) in [6.07, 6.45) is 0. The highest BCUT2D eigenvalue weighted by atomic mass is 16.5. The highest BCUT2D eigenvalue weighted by Gasteiger charge is 2.49. The minimum atomic E-state index is -1.19. The first-order chi connectivity index (χ1) is 15.5. The summed E-state index contributed by atoms with van der Waals surface area (Å²) in [5, 5.41) is 8.85. The monoisotopic (exact) mass is 428 g/mol. The molecule has 1 aliphatic heterocycles. The molecule has 3 aromatic carbocycles. The Morgan fingerprint density at radius 1 is 1.03 bits per heavy atom. The lowest BCUT2D eigenvalue weighted by Gasteiger charge is -2.22. The number of para-hydroxylation sites is 1. The number of hydrogen-bond donors (Lipinski definition) is 1. The van der Waals surface area contributed by atoms with E-state index < -0.39 is 11.6 Å². The van der Waals surface area contributed by atoms with Crippen LogP contribution >= 0.6 is 0 Å². The molecule has 1 aromatic heterocycles. The molecular weight excluding hydrogens is 408 g/mol. The van der Waals surface area contributed by atoms with E-state index in [2.05, 4.69) is 15.5 Å². The zero-order chi connectivity index (χ0) is 22.3. The van der Waals surface area contributed by atoms with Gasteiger partial charge in [0.05, 0.1) is 12.7 Å². The molecule has 3 amide bonds. The molecule has 8 heteroatoms. The summed E-state index contributed by atoms with van der Waals surface area (Å²) in [5.74, 6) is 0.688. The highest BCUT2D eigenvalue weighted by molar-refractivity contribution is 6.07. The predicted molar refractivity (Wildman–Crippen MR) is 117 cm³/mol. The van der Waals surface area contributed by atoms with Crippen LogP contribution in [-0.4, -0.2) is 34.1 Å². The largest absolute Gasteiger partial charge is 0.496 e. The lowest BCUT2D eigenvalue weighted by atomic mass is 9.90. The summed E-state index contributed by atoms with van der Waals surface area (Å²) in [6.45, 7) is 1.57. The molecule has 2 heterocycles. The van der Waals surface area contributed by atoms with Crippen molar-refractivity contribution in [3.63, 3.8) is 0 Å². The van der Waals surface area contributed by atoms with E-state index in [9.17, 15) is 9.59 Å². The number of methoxy groups -OCH3 is 1. The minimum absolute atomic E-state index is 0.129. The van der Waals surface area contributed by atoms with E-state index in [0.29, 0.717) is 22.7 Å². The Balaban J connectivity index is 1.41. The fraction of sp³-hybridized carbons (Fsp3) is 0.167. The number of fused-ring (bicyclic) bond motifs is 1. The van der Waals surface area contributed by atoms with Crippen molar-refractivity contribution in [3.8, 4) is 17.1 Å². The summed E-state index contributed by atoms with van der Waals surface area (Å²) >= 11 is 0. The number of imide groups is 1. The zero-order valence-electron chi connectivity index (χ0n) is 17.5. The van der Waals surface area contributed by atoms with Crippen molar-refractivity contribution in [2.75, 3.05) is 7.11 Å². The smallest absolute Gasteiger partial charge is 0.325 e. The van der Waals surface area contributed by atoms with E-state index in [4.69, 9.17) is 9.26 Å². The molecule has 1 saturated heterocycles. The second kappa shape index (κ2) is 7.49. The molecule has 1 aliphatic rings. The van der Waals surface area contributed by atoms with Crippen molar-refractivity contribution >= 4 is 22.7 Å². The molecule has 160 valence electrons. The van der Waals surface area contributed by atoms with Crippen LogP contribution in [0.1, 0.15) is 18.4 Å². The lowest BCUT2D eigenvalue weighted by molar-refractivity contribution is -0.131. The maximum Gasteiger partial charge on any atom is 0.325 e. The van der Waals surface area contributed by atoms with E-state index in [1.165, 1.54) is 0 Å². The van der Waals surface area contributed by atoms with Crippen molar-refractivity contribution < 1.29 is 18.8 Å². The van der Waals surface area contributed by atoms with Gasteiger partial charge in [0.15, 0.2) is 0 Å². The number of amides is 3. The molecule has 4 aromatic rings. The van der Waals surface area contributed by atoms with Gasteiger partial charge in [-0.1, -0.05) is 53.7 Å². The van der Waals surface area contributed by atoms with Crippen molar-refractivity contribution in [2.45, 2.75) is 19.0 Å². The number of aromatic nitrogens is 2. The molecule has 0 saturated carbocycles. The zero-order valence-corrected chi connectivity index (χ0v) is 17.5. The third-order valence-corrected chi connectivity index (χ3v) is 5.71. The Morgan fingerprint density at radius 3 is 2.59 bits per heavy atom. The average molecular weight is 428 g/mol. The van der Waals surface area contributed by atoms with E-state index in [0.717, 1.165) is 15.7 Å². The molecule has 0 bridgehead atoms. The Bertz CT molecular complexity index is 1350. The van der Waals surface area contributed by atoms with Crippen LogP contribution in [-0.2, 0) is 16.9 Å². The average Bonchev–Trinajstić information content (AvgIpc) is 3.37. The standard InChI is InChI=1S/C24H20N4O4/c1-24(17-12-11-15-7-3-4-8-16(15)13-17)22(29)28(23(30)26-24)14-20-25-21(27-32-20)18-9-5-6-10-19(18)31-2/h3-13H,14H2,1-2H3,(H,26,30)/t24-/m1/s1. The predicted octanol–water partition coefficient (Wildman–Crippen LogP) is 3.87. The van der Waals surface area contributed by atoms with Crippen molar-refractivity contribution in [3.05, 3.63) is 78.2 Å².